The maximum absolute atomic E-state index is 11.4. The van der Waals surface area contributed by atoms with Crippen molar-refractivity contribution in [2.45, 2.75) is 13.8 Å². The first-order chi connectivity index (χ1) is 8.60. The van der Waals surface area contributed by atoms with Crippen molar-refractivity contribution in [1.82, 2.24) is 14.8 Å². The van der Waals surface area contributed by atoms with Crippen LogP contribution in [-0.2, 0) is 11.8 Å². The van der Waals surface area contributed by atoms with Gasteiger partial charge in [-0.1, -0.05) is 0 Å². The molecule has 0 atom stereocenters. The highest BCUT2D eigenvalue weighted by molar-refractivity contribution is 5.86. The molecule has 0 unspecified atom stereocenters. The number of aryl methyl sites for hydroxylation is 2. The largest absolute Gasteiger partial charge is 0.461 e. The summed E-state index contributed by atoms with van der Waals surface area (Å²) in [5, 5.41) is 4.11. The quantitative estimate of drug-likeness (QED) is 0.769. The number of carbonyl (C=O) groups excluding carboxylic acids is 1. The summed E-state index contributed by atoms with van der Waals surface area (Å²) >= 11 is 0. The average Bonchev–Trinajstić information content (AvgIpc) is 2.88. The molecule has 0 spiro atoms. The molecule has 0 aromatic carbocycles. The van der Waals surface area contributed by atoms with Crippen LogP contribution in [0.3, 0.4) is 0 Å². The monoisotopic (exact) mass is 251 g/mol. The molecule has 0 fully saturated rings. The Balaban J connectivity index is 2.11. The van der Waals surface area contributed by atoms with Gasteiger partial charge < -0.3 is 13.9 Å². The number of ether oxygens (including phenoxy) is 2. The number of aromatic nitrogens is 3. The van der Waals surface area contributed by atoms with E-state index in [0.29, 0.717) is 5.88 Å². The van der Waals surface area contributed by atoms with Crippen molar-refractivity contribution in [3.63, 3.8) is 0 Å². The fraction of sp³-hybridized carbons (Fsp3) is 0.364. The Kier molecular flexibility index (Phi) is 3.31. The zero-order chi connectivity index (χ0) is 13.1. The minimum absolute atomic E-state index is 0.0268. The van der Waals surface area contributed by atoms with Crippen molar-refractivity contribution in [2.75, 3.05) is 6.61 Å². The van der Waals surface area contributed by atoms with Crippen molar-refractivity contribution >= 4 is 5.97 Å². The van der Waals surface area contributed by atoms with Gasteiger partial charge in [-0.3, -0.25) is 0 Å². The first-order valence-corrected chi connectivity index (χ1v) is 5.41. The van der Waals surface area contributed by atoms with E-state index in [1.165, 1.54) is 6.26 Å². The van der Waals surface area contributed by atoms with E-state index in [2.05, 4.69) is 10.1 Å². The molecule has 0 N–H and O–H groups in total. The summed E-state index contributed by atoms with van der Waals surface area (Å²) in [5.74, 6) is -0.0676. The van der Waals surface area contributed by atoms with E-state index < -0.39 is 5.97 Å². The predicted molar refractivity (Wildman–Crippen MR) is 60.5 cm³/mol. The second-order valence-electron chi connectivity index (χ2n) is 3.57. The van der Waals surface area contributed by atoms with Crippen molar-refractivity contribution < 1.29 is 18.7 Å². The molecule has 0 aliphatic rings. The molecule has 0 aliphatic heterocycles. The van der Waals surface area contributed by atoms with Gasteiger partial charge in [0.1, 0.15) is 6.26 Å². The van der Waals surface area contributed by atoms with Gasteiger partial charge in [0.15, 0.2) is 5.69 Å². The van der Waals surface area contributed by atoms with Gasteiger partial charge in [0, 0.05) is 13.1 Å². The van der Waals surface area contributed by atoms with Gasteiger partial charge >= 0.3 is 12.0 Å². The molecule has 7 nitrogen and oxygen atoms in total. The van der Waals surface area contributed by atoms with Gasteiger partial charge in [-0.05, 0) is 13.8 Å². The van der Waals surface area contributed by atoms with E-state index in [-0.39, 0.29) is 18.4 Å². The molecule has 0 amide bonds. The molecule has 0 aliphatic carbocycles. The summed E-state index contributed by atoms with van der Waals surface area (Å²) < 4.78 is 16.7. The Labute approximate surface area is 103 Å². The Bertz CT molecular complexity index is 558. The number of oxazole rings is 1. The summed E-state index contributed by atoms with van der Waals surface area (Å²) in [6.07, 6.45) is 1.16. The van der Waals surface area contributed by atoms with Crippen molar-refractivity contribution in [3.8, 4) is 12.0 Å². The zero-order valence-corrected chi connectivity index (χ0v) is 10.3. The van der Waals surface area contributed by atoms with Crippen LogP contribution in [-0.4, -0.2) is 27.3 Å². The predicted octanol–water partition coefficient (Wildman–Crippen LogP) is 1.69. The average molecular weight is 251 g/mol. The number of rotatable bonds is 4. The van der Waals surface area contributed by atoms with Gasteiger partial charge in [-0.25, -0.2) is 9.48 Å². The molecular formula is C11H13N3O4. The van der Waals surface area contributed by atoms with Crippen molar-refractivity contribution in [2.24, 2.45) is 7.05 Å². The Morgan fingerprint density at radius 1 is 1.56 bits per heavy atom. The third-order valence-electron chi connectivity index (χ3n) is 2.12. The van der Waals surface area contributed by atoms with Crippen molar-refractivity contribution in [1.29, 1.82) is 0 Å². The Morgan fingerprint density at radius 2 is 2.33 bits per heavy atom. The number of esters is 1. The van der Waals surface area contributed by atoms with E-state index in [9.17, 15) is 4.79 Å². The van der Waals surface area contributed by atoms with Crippen LogP contribution < -0.4 is 4.74 Å². The zero-order valence-electron chi connectivity index (χ0n) is 10.3. The molecule has 2 aromatic rings. The molecule has 18 heavy (non-hydrogen) atoms. The molecule has 0 bridgehead atoms. The maximum atomic E-state index is 11.4. The lowest BCUT2D eigenvalue weighted by atomic mass is 10.5. The van der Waals surface area contributed by atoms with Gasteiger partial charge in [0.2, 0.25) is 5.88 Å². The van der Waals surface area contributed by atoms with Crippen LogP contribution in [0.4, 0.5) is 0 Å². The number of nitrogens with zero attached hydrogens (tertiary/aromatic N) is 3. The molecule has 2 aromatic heterocycles. The minimum atomic E-state index is -0.544. The summed E-state index contributed by atoms with van der Waals surface area (Å²) in [6, 6.07) is 1.73. The van der Waals surface area contributed by atoms with Crippen molar-refractivity contribution in [3.05, 3.63) is 23.7 Å². The van der Waals surface area contributed by atoms with Gasteiger partial charge in [0.05, 0.1) is 12.3 Å². The van der Waals surface area contributed by atoms with Crippen LogP contribution >= 0.6 is 0 Å². The highest BCUT2D eigenvalue weighted by atomic mass is 16.6. The molecule has 2 heterocycles. The van der Waals surface area contributed by atoms with E-state index in [0.717, 1.165) is 5.69 Å². The van der Waals surface area contributed by atoms with Crippen LogP contribution in [0.25, 0.3) is 0 Å². The normalized spacial score (nSPS) is 10.4. The highest BCUT2D eigenvalue weighted by Gasteiger charge is 2.15. The summed E-state index contributed by atoms with van der Waals surface area (Å²) in [6.45, 7) is 3.84. The molecule has 96 valence electrons. The first-order valence-electron chi connectivity index (χ1n) is 5.41. The summed E-state index contributed by atoms with van der Waals surface area (Å²) in [5.41, 5.74) is 0.885. The van der Waals surface area contributed by atoms with Crippen LogP contribution in [0, 0.1) is 6.92 Å². The third-order valence-corrected chi connectivity index (χ3v) is 2.12. The topological polar surface area (TPSA) is 79.4 Å². The number of hydrogen-bond acceptors (Lipinski definition) is 6. The van der Waals surface area contributed by atoms with Crippen LogP contribution in [0.15, 0.2) is 16.7 Å². The van der Waals surface area contributed by atoms with E-state index >= 15 is 0 Å². The summed E-state index contributed by atoms with van der Waals surface area (Å²) in [7, 11) is 1.73. The van der Waals surface area contributed by atoms with E-state index in [4.69, 9.17) is 13.9 Å². The lowest BCUT2D eigenvalue weighted by molar-refractivity contribution is 0.0519. The number of carbonyl (C=O) groups is 1. The maximum Gasteiger partial charge on any atom is 0.401 e. The lowest BCUT2D eigenvalue weighted by Gasteiger charge is -1.99. The Hall–Kier alpha value is -2.31. The van der Waals surface area contributed by atoms with Crippen LogP contribution in [0.1, 0.15) is 23.1 Å². The fourth-order valence-electron chi connectivity index (χ4n) is 1.37. The SMILES string of the molecule is CCOC(=O)c1coc(Oc2cc(C)nn2C)n1. The molecule has 0 radical (unpaired) electrons. The lowest BCUT2D eigenvalue weighted by Crippen LogP contribution is -2.04. The van der Waals surface area contributed by atoms with Gasteiger partial charge in [0.25, 0.3) is 0 Å². The molecule has 2 rings (SSSR count). The minimum Gasteiger partial charge on any atom is -0.461 e. The molecular weight excluding hydrogens is 238 g/mol. The highest BCUT2D eigenvalue weighted by Crippen LogP contribution is 2.21. The molecule has 0 saturated carbocycles. The van der Waals surface area contributed by atoms with Crippen LogP contribution in [0.2, 0.25) is 0 Å². The molecule has 0 saturated heterocycles. The van der Waals surface area contributed by atoms with E-state index in [1.54, 1.807) is 24.7 Å². The number of hydrogen-bond donors (Lipinski definition) is 0. The second-order valence-corrected chi connectivity index (χ2v) is 3.57. The Morgan fingerprint density at radius 3 is 2.94 bits per heavy atom. The van der Waals surface area contributed by atoms with Gasteiger partial charge in [-0.15, -0.1) is 0 Å². The third kappa shape index (κ3) is 2.50. The van der Waals surface area contributed by atoms with Gasteiger partial charge in [-0.2, -0.15) is 10.1 Å². The standard InChI is InChI=1S/C11H13N3O4/c1-4-16-10(15)8-6-17-11(12-8)18-9-5-7(2)13-14(9)3/h5-6H,4H2,1-3H3. The van der Waals surface area contributed by atoms with E-state index in [1.807, 2.05) is 6.92 Å². The first kappa shape index (κ1) is 12.2. The smallest absolute Gasteiger partial charge is 0.401 e. The summed E-state index contributed by atoms with van der Waals surface area (Å²) in [4.78, 5) is 15.2. The fourth-order valence-corrected chi connectivity index (χ4v) is 1.37. The van der Waals surface area contributed by atoms with Crippen LogP contribution in [0.5, 0.6) is 12.0 Å². The second kappa shape index (κ2) is 4.91. The molecule has 7 heteroatoms.